The van der Waals surface area contributed by atoms with Gasteiger partial charge in [-0.05, 0) is 38.1 Å². The number of carbonyl (C=O) groups is 1. The monoisotopic (exact) mass is 415 g/mol. The van der Waals surface area contributed by atoms with E-state index < -0.39 is 10.8 Å². The molecule has 1 amide bonds. The van der Waals surface area contributed by atoms with Crippen LogP contribution in [0.2, 0.25) is 5.02 Å². The SMILES string of the molecule is CN1CCC2(CC1)CC(NC(=O)c1cc(Cl)ccc1[N+](=O)[O-])c1ccccc1O2. The number of nitrogens with one attached hydrogen (secondary N) is 1. The minimum absolute atomic E-state index is 0.0381. The van der Waals surface area contributed by atoms with Gasteiger partial charge in [0.25, 0.3) is 11.6 Å². The van der Waals surface area contributed by atoms with E-state index in [1.807, 2.05) is 24.3 Å². The number of piperidine rings is 1. The van der Waals surface area contributed by atoms with E-state index in [1.165, 1.54) is 18.2 Å². The molecule has 8 heteroatoms. The van der Waals surface area contributed by atoms with E-state index in [-0.39, 0.29) is 27.9 Å². The van der Waals surface area contributed by atoms with Crippen molar-refractivity contribution < 1.29 is 14.5 Å². The molecule has 0 bridgehead atoms. The van der Waals surface area contributed by atoms with E-state index in [2.05, 4.69) is 17.3 Å². The van der Waals surface area contributed by atoms with Crippen molar-refractivity contribution in [2.75, 3.05) is 20.1 Å². The number of ether oxygens (including phenoxy) is 1. The number of hydrogen-bond acceptors (Lipinski definition) is 5. The fraction of sp³-hybridized carbons (Fsp3) is 0.381. The van der Waals surface area contributed by atoms with Crippen LogP contribution >= 0.6 is 11.6 Å². The van der Waals surface area contributed by atoms with Gasteiger partial charge in [-0.2, -0.15) is 0 Å². The molecule has 1 saturated heterocycles. The highest BCUT2D eigenvalue weighted by Gasteiger charge is 2.43. The minimum atomic E-state index is -0.568. The van der Waals surface area contributed by atoms with Crippen LogP contribution in [0.25, 0.3) is 0 Å². The van der Waals surface area contributed by atoms with Crippen molar-refractivity contribution in [2.45, 2.75) is 30.9 Å². The number of fused-ring (bicyclic) bond motifs is 1. The van der Waals surface area contributed by atoms with Gasteiger partial charge in [-0.15, -0.1) is 0 Å². The van der Waals surface area contributed by atoms with Gasteiger partial charge in [-0.25, -0.2) is 0 Å². The number of nitro groups is 1. The second kappa shape index (κ2) is 7.65. The van der Waals surface area contributed by atoms with Crippen LogP contribution in [-0.2, 0) is 0 Å². The fourth-order valence-corrected chi connectivity index (χ4v) is 4.34. The lowest BCUT2D eigenvalue weighted by Crippen LogP contribution is -2.51. The van der Waals surface area contributed by atoms with Crippen molar-refractivity contribution in [3.8, 4) is 5.75 Å². The Morgan fingerprint density at radius 3 is 2.72 bits per heavy atom. The van der Waals surface area contributed by atoms with E-state index in [0.29, 0.717) is 6.42 Å². The van der Waals surface area contributed by atoms with Gasteiger partial charge in [-0.1, -0.05) is 29.8 Å². The number of nitrogens with zero attached hydrogens (tertiary/aromatic N) is 2. The van der Waals surface area contributed by atoms with Crippen LogP contribution in [0.5, 0.6) is 5.75 Å². The van der Waals surface area contributed by atoms with E-state index in [4.69, 9.17) is 16.3 Å². The van der Waals surface area contributed by atoms with Gasteiger partial charge in [0.05, 0.1) is 11.0 Å². The van der Waals surface area contributed by atoms with E-state index in [1.54, 1.807) is 0 Å². The largest absolute Gasteiger partial charge is 0.487 e. The van der Waals surface area contributed by atoms with Gasteiger partial charge >= 0.3 is 0 Å². The molecular formula is C21H22ClN3O4. The normalized spacial score (nSPS) is 20.6. The Hall–Kier alpha value is -2.64. The van der Waals surface area contributed by atoms with Crippen molar-refractivity contribution in [2.24, 2.45) is 0 Å². The molecule has 152 valence electrons. The minimum Gasteiger partial charge on any atom is -0.487 e. The average molecular weight is 416 g/mol. The first-order valence-electron chi connectivity index (χ1n) is 9.58. The van der Waals surface area contributed by atoms with Crippen LogP contribution < -0.4 is 10.1 Å². The third kappa shape index (κ3) is 3.93. The quantitative estimate of drug-likeness (QED) is 0.605. The lowest BCUT2D eigenvalue weighted by atomic mass is 9.80. The number of amides is 1. The molecular weight excluding hydrogens is 394 g/mol. The summed E-state index contributed by atoms with van der Waals surface area (Å²) in [6.07, 6.45) is 2.35. The Morgan fingerprint density at radius 2 is 2.00 bits per heavy atom. The highest BCUT2D eigenvalue weighted by Crippen LogP contribution is 2.44. The highest BCUT2D eigenvalue weighted by atomic mass is 35.5. The van der Waals surface area contributed by atoms with Crippen LogP contribution in [0.15, 0.2) is 42.5 Å². The highest BCUT2D eigenvalue weighted by molar-refractivity contribution is 6.31. The number of hydrogen-bond donors (Lipinski definition) is 1. The maximum Gasteiger partial charge on any atom is 0.282 e. The number of nitro benzene ring substituents is 1. The molecule has 1 N–H and O–H groups in total. The molecule has 0 aromatic heterocycles. The first-order chi connectivity index (χ1) is 13.9. The van der Waals surface area contributed by atoms with Gasteiger partial charge in [0.15, 0.2) is 0 Å². The predicted molar refractivity (Wildman–Crippen MR) is 109 cm³/mol. The molecule has 0 saturated carbocycles. The molecule has 1 unspecified atom stereocenters. The summed E-state index contributed by atoms with van der Waals surface area (Å²) in [6, 6.07) is 11.4. The fourth-order valence-electron chi connectivity index (χ4n) is 4.16. The Morgan fingerprint density at radius 1 is 1.28 bits per heavy atom. The summed E-state index contributed by atoms with van der Waals surface area (Å²) in [5.74, 6) is 0.248. The maximum absolute atomic E-state index is 13.0. The van der Waals surface area contributed by atoms with Crippen LogP contribution in [-0.4, -0.2) is 41.5 Å². The third-order valence-corrected chi connectivity index (χ3v) is 6.04. The third-order valence-electron chi connectivity index (χ3n) is 5.80. The number of para-hydroxylation sites is 1. The van der Waals surface area contributed by atoms with Crippen LogP contribution in [0.4, 0.5) is 5.69 Å². The second-order valence-corrected chi connectivity index (χ2v) is 8.21. The molecule has 0 radical (unpaired) electrons. The van der Waals surface area contributed by atoms with Crippen molar-refractivity contribution in [3.05, 3.63) is 68.7 Å². The topological polar surface area (TPSA) is 84.7 Å². The van der Waals surface area contributed by atoms with Gasteiger partial charge in [0.2, 0.25) is 0 Å². The van der Waals surface area contributed by atoms with E-state index in [9.17, 15) is 14.9 Å². The average Bonchev–Trinajstić information content (AvgIpc) is 2.70. The first kappa shape index (κ1) is 19.7. The zero-order chi connectivity index (χ0) is 20.6. The molecule has 1 atom stereocenters. The zero-order valence-corrected chi connectivity index (χ0v) is 16.8. The summed E-state index contributed by atoms with van der Waals surface area (Å²) in [5.41, 5.74) is 0.235. The van der Waals surface area contributed by atoms with Crippen molar-refractivity contribution in [1.82, 2.24) is 10.2 Å². The molecule has 2 aliphatic rings. The van der Waals surface area contributed by atoms with Crippen LogP contribution in [0.1, 0.15) is 41.2 Å². The molecule has 2 aromatic carbocycles. The molecule has 2 aliphatic heterocycles. The van der Waals surface area contributed by atoms with Gasteiger partial charge in [-0.3, -0.25) is 14.9 Å². The summed E-state index contributed by atoms with van der Waals surface area (Å²) in [5, 5.41) is 14.6. The smallest absolute Gasteiger partial charge is 0.282 e. The molecule has 7 nitrogen and oxygen atoms in total. The standard InChI is InChI=1S/C21H22ClN3O4/c1-24-10-8-21(9-11-24)13-17(15-4-2-3-5-19(15)29-21)23-20(26)16-12-14(22)6-7-18(16)25(27)28/h2-7,12,17H,8-11,13H2,1H3,(H,23,26). The Kier molecular flexibility index (Phi) is 5.19. The van der Waals surface area contributed by atoms with Crippen molar-refractivity contribution in [3.63, 3.8) is 0 Å². The second-order valence-electron chi connectivity index (χ2n) is 7.77. The maximum atomic E-state index is 13.0. The van der Waals surface area contributed by atoms with Crippen molar-refractivity contribution >= 4 is 23.2 Å². The molecule has 2 aromatic rings. The van der Waals surface area contributed by atoms with Gasteiger partial charge < -0.3 is 15.0 Å². The summed E-state index contributed by atoms with van der Waals surface area (Å²) < 4.78 is 6.40. The number of benzene rings is 2. The van der Waals surface area contributed by atoms with E-state index in [0.717, 1.165) is 37.2 Å². The Labute approximate surface area is 173 Å². The van der Waals surface area contributed by atoms with Gasteiger partial charge in [0, 0.05) is 36.2 Å². The Bertz CT molecular complexity index is 957. The number of likely N-dealkylation sites (tertiary alicyclic amines) is 1. The lowest BCUT2D eigenvalue weighted by molar-refractivity contribution is -0.385. The molecule has 1 fully saturated rings. The number of rotatable bonds is 3. The Balaban J connectivity index is 1.65. The predicted octanol–water partition coefficient (Wildman–Crippen LogP) is 3.97. The lowest BCUT2D eigenvalue weighted by Gasteiger charge is -2.46. The summed E-state index contributed by atoms with van der Waals surface area (Å²) in [6.45, 7) is 1.84. The van der Waals surface area contributed by atoms with E-state index >= 15 is 0 Å². The molecule has 29 heavy (non-hydrogen) atoms. The number of carbonyl (C=O) groups excluding carboxylic acids is 1. The summed E-state index contributed by atoms with van der Waals surface area (Å²) >= 11 is 5.99. The van der Waals surface area contributed by atoms with Crippen molar-refractivity contribution in [1.29, 1.82) is 0 Å². The summed E-state index contributed by atoms with van der Waals surface area (Å²) in [4.78, 5) is 26.1. The van der Waals surface area contributed by atoms with Gasteiger partial charge in [0.1, 0.15) is 16.9 Å². The molecule has 0 aliphatic carbocycles. The first-order valence-corrected chi connectivity index (χ1v) is 9.96. The van der Waals surface area contributed by atoms with Crippen LogP contribution in [0, 0.1) is 10.1 Å². The van der Waals surface area contributed by atoms with Crippen LogP contribution in [0.3, 0.4) is 0 Å². The molecule has 4 rings (SSSR count). The molecule has 1 spiro atoms. The molecule has 2 heterocycles. The summed E-state index contributed by atoms with van der Waals surface area (Å²) in [7, 11) is 2.08. The zero-order valence-electron chi connectivity index (χ0n) is 16.1. The number of halogens is 1.